The van der Waals surface area contributed by atoms with Gasteiger partial charge in [-0.2, -0.15) is 10.4 Å². The van der Waals surface area contributed by atoms with Gasteiger partial charge in [-0.1, -0.05) is 6.92 Å². The van der Waals surface area contributed by atoms with Crippen molar-refractivity contribution >= 4 is 11.5 Å². The lowest BCUT2D eigenvalue weighted by atomic mass is 9.94. The molecule has 0 saturated heterocycles. The average molecular weight is 421 g/mol. The summed E-state index contributed by atoms with van der Waals surface area (Å²) in [6.07, 6.45) is 6.87. The summed E-state index contributed by atoms with van der Waals surface area (Å²) in [5.74, 6) is -0.168. The number of nitrogens with zero attached hydrogens (tertiary/aromatic N) is 4. The van der Waals surface area contributed by atoms with Crippen LogP contribution in [0.3, 0.4) is 0 Å². The molecule has 31 heavy (non-hydrogen) atoms. The smallest absolute Gasteiger partial charge is 0.305 e. The Hall–Kier alpha value is -3.24. The Bertz CT molecular complexity index is 1100. The van der Waals surface area contributed by atoms with Gasteiger partial charge in [-0.25, -0.2) is 4.52 Å². The number of hydrogen-bond donors (Lipinski definition) is 0. The quantitative estimate of drug-likeness (QED) is 0.360. The molecule has 0 bridgehead atoms. The highest BCUT2D eigenvalue weighted by atomic mass is 16.5. The third kappa shape index (κ3) is 5.09. The second-order valence-electron chi connectivity index (χ2n) is 7.29. The van der Waals surface area contributed by atoms with Crippen molar-refractivity contribution < 1.29 is 14.3 Å². The van der Waals surface area contributed by atoms with Gasteiger partial charge in [0.25, 0.3) is 0 Å². The molecule has 0 aliphatic rings. The number of carbonyl (C=O) groups is 1. The molecule has 0 spiro atoms. The maximum absolute atomic E-state index is 11.7. The van der Waals surface area contributed by atoms with Crippen LogP contribution in [0.15, 0.2) is 30.6 Å². The Morgan fingerprint density at radius 2 is 2.06 bits per heavy atom. The number of unbranched alkanes of at least 4 members (excludes halogenated alkanes) is 1. The van der Waals surface area contributed by atoms with Crippen LogP contribution < -0.4 is 0 Å². The van der Waals surface area contributed by atoms with Crippen LogP contribution >= 0.6 is 0 Å². The third-order valence-corrected chi connectivity index (χ3v) is 5.22. The minimum atomic E-state index is -0.168. The topological polar surface area (TPSA) is 89.5 Å². The number of esters is 1. The van der Waals surface area contributed by atoms with Gasteiger partial charge in [0.05, 0.1) is 30.0 Å². The standard InChI is InChI=1S/C24H28N4O3/c1-4-19-10-11-22-24(18-12-17(13-25)14-26-15-18)20(21(16-30-3)27-28(19)22)8-6-7-9-23(29)31-5-2/h10-12,14-15H,4-9,16H2,1-3H3. The number of carbonyl (C=O) groups excluding carboxylic acids is 1. The first-order valence-electron chi connectivity index (χ1n) is 10.6. The normalized spacial score (nSPS) is 10.9. The number of ether oxygens (including phenoxy) is 2. The summed E-state index contributed by atoms with van der Waals surface area (Å²) in [7, 11) is 1.66. The predicted octanol–water partition coefficient (Wildman–Crippen LogP) is 4.25. The maximum Gasteiger partial charge on any atom is 0.305 e. The van der Waals surface area contributed by atoms with Crippen molar-refractivity contribution in [2.75, 3.05) is 13.7 Å². The average Bonchev–Trinajstić information content (AvgIpc) is 3.19. The number of pyridine rings is 1. The third-order valence-electron chi connectivity index (χ3n) is 5.22. The maximum atomic E-state index is 11.7. The zero-order valence-electron chi connectivity index (χ0n) is 18.4. The molecule has 3 aromatic heterocycles. The first kappa shape index (κ1) is 22.4. The highest BCUT2D eigenvalue weighted by Crippen LogP contribution is 2.33. The Balaban J connectivity index is 2.07. The van der Waals surface area contributed by atoms with E-state index in [-0.39, 0.29) is 5.97 Å². The molecule has 0 saturated carbocycles. The van der Waals surface area contributed by atoms with Crippen LogP contribution in [0.5, 0.6) is 0 Å². The molecule has 0 aromatic carbocycles. The lowest BCUT2D eigenvalue weighted by Gasteiger charge is -2.17. The number of fused-ring (bicyclic) bond motifs is 1. The molecule has 3 heterocycles. The van der Waals surface area contributed by atoms with E-state index >= 15 is 0 Å². The van der Waals surface area contributed by atoms with Crippen molar-refractivity contribution in [2.45, 2.75) is 52.6 Å². The van der Waals surface area contributed by atoms with E-state index in [1.807, 2.05) is 17.5 Å². The monoisotopic (exact) mass is 420 g/mol. The van der Waals surface area contributed by atoms with Crippen LogP contribution in [0.25, 0.3) is 16.6 Å². The van der Waals surface area contributed by atoms with Crippen LogP contribution in [0, 0.1) is 11.3 Å². The van der Waals surface area contributed by atoms with Crippen LogP contribution in [0.1, 0.15) is 55.6 Å². The lowest BCUT2D eigenvalue weighted by molar-refractivity contribution is -0.143. The molecule has 0 radical (unpaired) electrons. The molecule has 0 aliphatic carbocycles. The largest absolute Gasteiger partial charge is 0.466 e. The zero-order chi connectivity index (χ0) is 22.2. The van der Waals surface area contributed by atoms with Crippen molar-refractivity contribution in [3.8, 4) is 17.2 Å². The number of methoxy groups -OCH3 is 1. The lowest BCUT2D eigenvalue weighted by Crippen LogP contribution is -2.10. The van der Waals surface area contributed by atoms with Crippen molar-refractivity contribution in [3.05, 3.63) is 53.1 Å². The fraction of sp³-hybridized carbons (Fsp3) is 0.417. The predicted molar refractivity (Wildman–Crippen MR) is 117 cm³/mol. The van der Waals surface area contributed by atoms with E-state index in [9.17, 15) is 10.1 Å². The highest BCUT2D eigenvalue weighted by Gasteiger charge is 2.19. The van der Waals surface area contributed by atoms with E-state index < -0.39 is 0 Å². The van der Waals surface area contributed by atoms with Crippen molar-refractivity contribution in [1.82, 2.24) is 14.6 Å². The molecule has 0 aliphatic heterocycles. The fourth-order valence-corrected chi connectivity index (χ4v) is 3.81. The Labute approximate surface area is 182 Å². The van der Waals surface area contributed by atoms with Gasteiger partial charge >= 0.3 is 5.97 Å². The molecule has 7 nitrogen and oxygen atoms in total. The SMILES string of the molecule is CCOC(=O)CCCCc1c(COC)nn2c(CC)ccc2c1-c1cncc(C#N)c1. The molecule has 0 atom stereocenters. The molecule has 0 amide bonds. The molecular weight excluding hydrogens is 392 g/mol. The van der Waals surface area contributed by atoms with E-state index in [1.54, 1.807) is 19.5 Å². The van der Waals surface area contributed by atoms with E-state index in [2.05, 4.69) is 30.1 Å². The summed E-state index contributed by atoms with van der Waals surface area (Å²) in [5.41, 5.74) is 6.41. The Morgan fingerprint density at radius 1 is 1.23 bits per heavy atom. The minimum absolute atomic E-state index is 0.168. The molecule has 3 rings (SSSR count). The number of aromatic nitrogens is 3. The molecule has 0 fully saturated rings. The number of nitriles is 1. The van der Waals surface area contributed by atoms with E-state index in [4.69, 9.17) is 14.6 Å². The number of aryl methyl sites for hydroxylation is 1. The molecule has 7 heteroatoms. The van der Waals surface area contributed by atoms with Gasteiger partial charge in [0, 0.05) is 42.7 Å². The van der Waals surface area contributed by atoms with Crippen LogP contribution in [0.4, 0.5) is 0 Å². The van der Waals surface area contributed by atoms with E-state index in [0.29, 0.717) is 25.2 Å². The van der Waals surface area contributed by atoms with Gasteiger partial charge in [-0.3, -0.25) is 9.78 Å². The zero-order valence-corrected chi connectivity index (χ0v) is 18.4. The van der Waals surface area contributed by atoms with Gasteiger partial charge < -0.3 is 9.47 Å². The van der Waals surface area contributed by atoms with Gasteiger partial charge in [-0.05, 0) is 56.4 Å². The fourth-order valence-electron chi connectivity index (χ4n) is 3.81. The molecule has 3 aromatic rings. The van der Waals surface area contributed by atoms with Gasteiger partial charge in [0.2, 0.25) is 0 Å². The van der Waals surface area contributed by atoms with Gasteiger partial charge in [0.1, 0.15) is 6.07 Å². The summed E-state index contributed by atoms with van der Waals surface area (Å²) in [6.45, 7) is 4.69. The summed E-state index contributed by atoms with van der Waals surface area (Å²) in [5, 5.41) is 14.3. The molecular formula is C24H28N4O3. The highest BCUT2D eigenvalue weighted by molar-refractivity contribution is 5.84. The minimum Gasteiger partial charge on any atom is -0.466 e. The second-order valence-corrected chi connectivity index (χ2v) is 7.29. The Kier molecular flexibility index (Phi) is 7.74. The van der Waals surface area contributed by atoms with Crippen molar-refractivity contribution in [2.24, 2.45) is 0 Å². The Morgan fingerprint density at radius 3 is 2.77 bits per heavy atom. The summed E-state index contributed by atoms with van der Waals surface area (Å²) in [4.78, 5) is 16.0. The summed E-state index contributed by atoms with van der Waals surface area (Å²) < 4.78 is 12.5. The van der Waals surface area contributed by atoms with Crippen molar-refractivity contribution in [3.63, 3.8) is 0 Å². The van der Waals surface area contributed by atoms with Crippen LogP contribution in [0.2, 0.25) is 0 Å². The number of hydrogen-bond acceptors (Lipinski definition) is 6. The van der Waals surface area contributed by atoms with E-state index in [0.717, 1.165) is 59.3 Å². The molecule has 0 N–H and O–H groups in total. The van der Waals surface area contributed by atoms with Gasteiger partial charge in [-0.15, -0.1) is 0 Å². The van der Waals surface area contributed by atoms with Crippen LogP contribution in [-0.4, -0.2) is 34.3 Å². The van der Waals surface area contributed by atoms with Crippen molar-refractivity contribution in [1.29, 1.82) is 5.26 Å². The molecule has 0 unspecified atom stereocenters. The summed E-state index contributed by atoms with van der Waals surface area (Å²) >= 11 is 0. The first-order valence-corrected chi connectivity index (χ1v) is 10.6. The molecule has 162 valence electrons. The second kappa shape index (κ2) is 10.7. The first-order chi connectivity index (χ1) is 15.1. The van der Waals surface area contributed by atoms with Crippen LogP contribution in [-0.2, 0) is 33.7 Å². The number of rotatable bonds is 10. The van der Waals surface area contributed by atoms with Gasteiger partial charge in [0.15, 0.2) is 0 Å². The summed E-state index contributed by atoms with van der Waals surface area (Å²) in [6, 6.07) is 8.18. The van der Waals surface area contributed by atoms with E-state index in [1.165, 1.54) is 0 Å².